The van der Waals surface area contributed by atoms with E-state index in [1.165, 1.54) is 42.2 Å². The summed E-state index contributed by atoms with van der Waals surface area (Å²) in [4.78, 5) is 33.3. The number of pyridine rings is 2. The first-order chi connectivity index (χ1) is 19.7. The number of hydrogen-bond acceptors (Lipinski definition) is 7. The molecule has 0 unspecified atom stereocenters. The van der Waals surface area contributed by atoms with Crippen molar-refractivity contribution in [1.29, 1.82) is 0 Å². The quantitative estimate of drug-likeness (QED) is 0.287. The Kier molecular flexibility index (Phi) is 7.62. The molecule has 0 aliphatic heterocycles. The zero-order valence-corrected chi connectivity index (χ0v) is 23.0. The van der Waals surface area contributed by atoms with Gasteiger partial charge in [-0.05, 0) is 54.1 Å². The predicted octanol–water partition coefficient (Wildman–Crippen LogP) is 2.13. The molecule has 0 atom stereocenters. The van der Waals surface area contributed by atoms with Crippen molar-refractivity contribution < 1.29 is 18.0 Å². The standard InChI is InChI=1S/C29H25N7O4S/c1-30-29(38)25-15-20(7-10-31-25)3-4-22-17-23(5-6-26(22)41(39,40)19-24-9-12-35(2)34-24)28(37)33-18-21-8-13-36-14-11-32-27(36)16-21/h5-17H,18-19H2,1-2H3,(H,30,38)(H,33,37). The van der Waals surface area contributed by atoms with Crippen LogP contribution in [0.1, 0.15) is 43.2 Å². The number of fused-ring (bicyclic) bond motifs is 1. The zero-order chi connectivity index (χ0) is 29.0. The van der Waals surface area contributed by atoms with Crippen LogP contribution >= 0.6 is 0 Å². The molecule has 11 nitrogen and oxygen atoms in total. The van der Waals surface area contributed by atoms with Gasteiger partial charge in [0.25, 0.3) is 11.8 Å². The maximum atomic E-state index is 13.4. The van der Waals surface area contributed by atoms with Gasteiger partial charge in [-0.25, -0.2) is 13.4 Å². The number of imidazole rings is 1. The van der Waals surface area contributed by atoms with Gasteiger partial charge in [0.05, 0.1) is 16.3 Å². The van der Waals surface area contributed by atoms with Crippen LogP contribution in [-0.2, 0) is 29.2 Å². The van der Waals surface area contributed by atoms with Crippen LogP contribution in [0.15, 0.2) is 84.4 Å². The van der Waals surface area contributed by atoms with Crippen molar-refractivity contribution in [3.8, 4) is 11.8 Å². The van der Waals surface area contributed by atoms with Crippen molar-refractivity contribution >= 4 is 27.3 Å². The van der Waals surface area contributed by atoms with Gasteiger partial charge < -0.3 is 15.0 Å². The lowest BCUT2D eigenvalue weighted by atomic mass is 10.1. The Bertz CT molecular complexity index is 1950. The van der Waals surface area contributed by atoms with Crippen molar-refractivity contribution in [3.63, 3.8) is 0 Å². The monoisotopic (exact) mass is 567 g/mol. The molecule has 0 fully saturated rings. The van der Waals surface area contributed by atoms with Gasteiger partial charge in [0.2, 0.25) is 0 Å². The third-order valence-corrected chi connectivity index (χ3v) is 7.86. The second-order valence-electron chi connectivity index (χ2n) is 9.12. The Hall–Kier alpha value is -5.28. The lowest BCUT2D eigenvalue weighted by Gasteiger charge is -2.10. The van der Waals surface area contributed by atoms with Gasteiger partial charge in [-0.15, -0.1) is 0 Å². The molecule has 0 saturated heterocycles. The van der Waals surface area contributed by atoms with Crippen LogP contribution in [0.25, 0.3) is 5.65 Å². The van der Waals surface area contributed by atoms with E-state index in [2.05, 4.69) is 37.5 Å². The highest BCUT2D eigenvalue weighted by Gasteiger charge is 2.22. The summed E-state index contributed by atoms with van der Waals surface area (Å²) in [5, 5.41) is 9.54. The second kappa shape index (κ2) is 11.4. The van der Waals surface area contributed by atoms with E-state index in [1.54, 1.807) is 31.6 Å². The van der Waals surface area contributed by atoms with Crippen molar-refractivity contribution in [1.82, 2.24) is 34.8 Å². The normalized spacial score (nSPS) is 11.1. The number of nitrogens with one attached hydrogen (secondary N) is 2. The maximum Gasteiger partial charge on any atom is 0.269 e. The summed E-state index contributed by atoms with van der Waals surface area (Å²) in [7, 11) is -0.672. The lowest BCUT2D eigenvalue weighted by Crippen LogP contribution is -2.23. The predicted molar refractivity (Wildman–Crippen MR) is 151 cm³/mol. The molecule has 0 saturated carbocycles. The third kappa shape index (κ3) is 6.32. The fraction of sp³-hybridized carbons (Fsp3) is 0.138. The molecule has 4 aromatic heterocycles. The fourth-order valence-corrected chi connectivity index (χ4v) is 5.52. The first kappa shape index (κ1) is 27.3. The number of aromatic nitrogens is 5. The Morgan fingerprint density at radius 3 is 2.56 bits per heavy atom. The van der Waals surface area contributed by atoms with Gasteiger partial charge in [0, 0.05) is 68.3 Å². The van der Waals surface area contributed by atoms with Crippen molar-refractivity contribution in [3.05, 3.63) is 113 Å². The molecular weight excluding hydrogens is 542 g/mol. The average molecular weight is 568 g/mol. The number of carbonyl (C=O) groups excluding carboxylic acids is 2. The molecule has 2 N–H and O–H groups in total. The van der Waals surface area contributed by atoms with E-state index in [4.69, 9.17) is 0 Å². The SMILES string of the molecule is CNC(=O)c1cc(C#Cc2cc(C(=O)NCc3ccn4ccnc4c3)ccc2S(=O)(=O)Cc2ccn(C)n2)ccn1. The lowest BCUT2D eigenvalue weighted by molar-refractivity contribution is 0.0945. The highest BCUT2D eigenvalue weighted by molar-refractivity contribution is 7.90. The van der Waals surface area contributed by atoms with Gasteiger partial charge in [-0.2, -0.15) is 5.10 Å². The number of rotatable bonds is 7. The summed E-state index contributed by atoms with van der Waals surface area (Å²) in [5.74, 6) is 4.69. The first-order valence-corrected chi connectivity index (χ1v) is 14.1. The van der Waals surface area contributed by atoms with Crippen molar-refractivity contribution in [2.24, 2.45) is 7.05 Å². The summed E-state index contributed by atoms with van der Waals surface area (Å²) in [5.41, 5.74) is 3.01. The highest BCUT2D eigenvalue weighted by atomic mass is 32.2. The Morgan fingerprint density at radius 1 is 0.927 bits per heavy atom. The van der Waals surface area contributed by atoms with Gasteiger partial charge in [0.1, 0.15) is 11.3 Å². The van der Waals surface area contributed by atoms with Gasteiger partial charge in [-0.3, -0.25) is 19.3 Å². The molecule has 206 valence electrons. The van der Waals surface area contributed by atoms with Gasteiger partial charge in [0.15, 0.2) is 9.84 Å². The van der Waals surface area contributed by atoms with Gasteiger partial charge in [-0.1, -0.05) is 11.8 Å². The molecule has 0 aliphatic rings. The maximum absolute atomic E-state index is 13.4. The van der Waals surface area contributed by atoms with Crippen LogP contribution in [0, 0.1) is 11.8 Å². The molecule has 5 aromatic rings. The zero-order valence-electron chi connectivity index (χ0n) is 22.2. The van der Waals surface area contributed by atoms with E-state index >= 15 is 0 Å². The van der Waals surface area contributed by atoms with E-state index in [1.807, 2.05) is 28.9 Å². The van der Waals surface area contributed by atoms with Crippen LogP contribution in [0.3, 0.4) is 0 Å². The van der Waals surface area contributed by atoms with E-state index < -0.39 is 15.7 Å². The summed E-state index contributed by atoms with van der Waals surface area (Å²) in [6.45, 7) is 0.252. The minimum atomic E-state index is -3.87. The van der Waals surface area contributed by atoms with E-state index in [0.29, 0.717) is 11.3 Å². The summed E-state index contributed by atoms with van der Waals surface area (Å²) in [6.07, 6.45) is 8.48. The van der Waals surface area contributed by atoms with Crippen molar-refractivity contribution in [2.75, 3.05) is 7.05 Å². The Balaban J connectivity index is 1.46. The van der Waals surface area contributed by atoms with Crippen molar-refractivity contribution in [2.45, 2.75) is 17.2 Å². The number of benzene rings is 1. The molecule has 4 heterocycles. The molecule has 5 rings (SSSR count). The first-order valence-electron chi connectivity index (χ1n) is 12.5. The number of carbonyl (C=O) groups is 2. The largest absolute Gasteiger partial charge is 0.354 e. The molecular formula is C29H25N7O4S. The Morgan fingerprint density at radius 2 is 1.78 bits per heavy atom. The number of nitrogens with zero attached hydrogens (tertiary/aromatic N) is 5. The summed E-state index contributed by atoms with van der Waals surface area (Å²) in [6, 6.07) is 12.8. The van der Waals surface area contributed by atoms with E-state index in [0.717, 1.165) is 11.2 Å². The number of aryl methyl sites for hydroxylation is 1. The minimum absolute atomic E-state index is 0.0301. The van der Waals surface area contributed by atoms with E-state index in [-0.39, 0.29) is 39.9 Å². The second-order valence-corrected chi connectivity index (χ2v) is 11.1. The van der Waals surface area contributed by atoms with Gasteiger partial charge >= 0.3 is 0 Å². The van der Waals surface area contributed by atoms with Crippen LogP contribution in [0.2, 0.25) is 0 Å². The summed E-state index contributed by atoms with van der Waals surface area (Å²) < 4.78 is 30.2. The van der Waals surface area contributed by atoms with Crippen LogP contribution in [-0.4, -0.2) is 51.4 Å². The molecule has 0 aliphatic carbocycles. The fourth-order valence-electron chi connectivity index (χ4n) is 4.10. The van der Waals surface area contributed by atoms with Crippen LogP contribution in [0.4, 0.5) is 0 Å². The molecule has 0 bridgehead atoms. The minimum Gasteiger partial charge on any atom is -0.354 e. The topological polar surface area (TPSA) is 140 Å². The molecule has 12 heteroatoms. The number of sulfone groups is 1. The smallest absolute Gasteiger partial charge is 0.269 e. The summed E-state index contributed by atoms with van der Waals surface area (Å²) >= 11 is 0. The molecule has 2 amide bonds. The number of amides is 2. The van der Waals surface area contributed by atoms with E-state index in [9.17, 15) is 18.0 Å². The van der Waals surface area contributed by atoms with Crippen LogP contribution in [0.5, 0.6) is 0 Å². The molecule has 0 radical (unpaired) electrons. The molecule has 41 heavy (non-hydrogen) atoms. The molecule has 0 spiro atoms. The average Bonchev–Trinajstić information content (AvgIpc) is 3.61. The van der Waals surface area contributed by atoms with Crippen LogP contribution < -0.4 is 10.6 Å². The Labute approximate surface area is 236 Å². The molecule has 1 aromatic carbocycles. The number of hydrogen-bond donors (Lipinski definition) is 2. The highest BCUT2D eigenvalue weighted by Crippen LogP contribution is 2.22. The third-order valence-electron chi connectivity index (χ3n) is 6.16.